The second kappa shape index (κ2) is 9.79. The number of ether oxygens (including phenoxy) is 2. The van der Waals surface area contributed by atoms with Crippen molar-refractivity contribution in [2.75, 3.05) is 13.2 Å². The smallest absolute Gasteiger partial charge is 0.342 e. The van der Waals surface area contributed by atoms with Crippen LogP contribution in [0.15, 0.2) is 66.0 Å². The Morgan fingerprint density at radius 3 is 2.68 bits per heavy atom. The van der Waals surface area contributed by atoms with E-state index in [2.05, 4.69) is 6.07 Å². The summed E-state index contributed by atoms with van der Waals surface area (Å²) in [5.74, 6) is -0.274. The van der Waals surface area contributed by atoms with Gasteiger partial charge in [0.05, 0.1) is 6.04 Å². The van der Waals surface area contributed by atoms with Gasteiger partial charge in [-0.1, -0.05) is 42.5 Å². The summed E-state index contributed by atoms with van der Waals surface area (Å²) in [6.45, 7) is 2.79. The number of hydrogen-bond acceptors (Lipinski definition) is 5. The molecule has 1 atom stereocenters. The highest BCUT2D eigenvalue weighted by atomic mass is 32.1. The van der Waals surface area contributed by atoms with E-state index in [1.54, 1.807) is 29.5 Å². The Balaban J connectivity index is 1.38. The summed E-state index contributed by atoms with van der Waals surface area (Å²) in [4.78, 5) is 28.4. The minimum Gasteiger partial charge on any atom is -0.488 e. The van der Waals surface area contributed by atoms with Gasteiger partial charge in [-0.15, -0.1) is 11.3 Å². The highest BCUT2D eigenvalue weighted by molar-refractivity contribution is 7.10. The molecule has 0 aliphatic carbocycles. The Kier molecular flexibility index (Phi) is 6.67. The van der Waals surface area contributed by atoms with Gasteiger partial charge < -0.3 is 14.4 Å². The van der Waals surface area contributed by atoms with Gasteiger partial charge in [-0.2, -0.15) is 0 Å². The summed E-state index contributed by atoms with van der Waals surface area (Å²) >= 11 is 1.65. The van der Waals surface area contributed by atoms with E-state index >= 15 is 0 Å². The molecule has 1 aliphatic heterocycles. The molecule has 4 rings (SSSR count). The minimum absolute atomic E-state index is 0.0796. The molecule has 0 bridgehead atoms. The van der Waals surface area contributed by atoms with Gasteiger partial charge >= 0.3 is 5.97 Å². The van der Waals surface area contributed by atoms with Crippen LogP contribution >= 0.6 is 11.3 Å². The van der Waals surface area contributed by atoms with Crippen molar-refractivity contribution in [2.45, 2.75) is 32.4 Å². The zero-order chi connectivity index (χ0) is 21.6. The Morgan fingerprint density at radius 2 is 1.87 bits per heavy atom. The molecule has 2 aromatic carbocycles. The second-order valence-electron chi connectivity index (χ2n) is 7.55. The lowest BCUT2D eigenvalue weighted by Gasteiger charge is -2.23. The van der Waals surface area contributed by atoms with Crippen molar-refractivity contribution < 1.29 is 19.1 Å². The Labute approximate surface area is 186 Å². The van der Waals surface area contributed by atoms with Crippen LogP contribution in [0.1, 0.15) is 45.2 Å². The normalized spacial score (nSPS) is 15.6. The molecule has 31 heavy (non-hydrogen) atoms. The molecule has 3 aromatic rings. The predicted octanol–water partition coefficient (Wildman–Crippen LogP) is 5.16. The van der Waals surface area contributed by atoms with Crippen LogP contribution in [-0.4, -0.2) is 29.9 Å². The molecule has 160 valence electrons. The molecule has 5 nitrogen and oxygen atoms in total. The van der Waals surface area contributed by atoms with E-state index in [9.17, 15) is 9.59 Å². The van der Waals surface area contributed by atoms with Crippen molar-refractivity contribution in [3.8, 4) is 5.75 Å². The number of thiophene rings is 1. The van der Waals surface area contributed by atoms with Crippen LogP contribution in [0.25, 0.3) is 0 Å². The van der Waals surface area contributed by atoms with Crippen LogP contribution in [0.2, 0.25) is 0 Å². The lowest BCUT2D eigenvalue weighted by molar-refractivity contribution is -0.135. The summed E-state index contributed by atoms with van der Waals surface area (Å²) < 4.78 is 11.3. The molecule has 0 saturated carbocycles. The summed E-state index contributed by atoms with van der Waals surface area (Å²) in [6, 6.07) is 19.0. The van der Waals surface area contributed by atoms with Crippen molar-refractivity contribution in [1.82, 2.24) is 4.90 Å². The van der Waals surface area contributed by atoms with Crippen LogP contribution in [0, 0.1) is 6.92 Å². The maximum Gasteiger partial charge on any atom is 0.342 e. The number of nitrogens with zero attached hydrogens (tertiary/aromatic N) is 1. The topological polar surface area (TPSA) is 55.8 Å². The number of amides is 1. The van der Waals surface area contributed by atoms with E-state index < -0.39 is 5.97 Å². The molecule has 1 fully saturated rings. The summed E-state index contributed by atoms with van der Waals surface area (Å²) in [5.41, 5.74) is 2.49. The summed E-state index contributed by atoms with van der Waals surface area (Å²) in [6.07, 6.45) is 1.90. The third-order valence-corrected chi connectivity index (χ3v) is 6.50. The fraction of sp³-hybridized carbons (Fsp3) is 0.280. The van der Waals surface area contributed by atoms with E-state index in [4.69, 9.17) is 9.47 Å². The van der Waals surface area contributed by atoms with Gasteiger partial charge in [0.15, 0.2) is 6.61 Å². The zero-order valence-corrected chi connectivity index (χ0v) is 18.3. The Bertz CT molecular complexity index is 1050. The molecule has 1 aromatic heterocycles. The van der Waals surface area contributed by atoms with Gasteiger partial charge in [-0.3, -0.25) is 4.79 Å². The summed E-state index contributed by atoms with van der Waals surface area (Å²) in [5, 5.41) is 2.02. The number of benzene rings is 2. The van der Waals surface area contributed by atoms with Gasteiger partial charge in [0.1, 0.15) is 17.9 Å². The molecule has 0 radical (unpaired) electrons. The van der Waals surface area contributed by atoms with Gasteiger partial charge in [0.2, 0.25) is 0 Å². The molecule has 1 aliphatic rings. The lowest BCUT2D eigenvalue weighted by Crippen LogP contribution is -2.34. The van der Waals surface area contributed by atoms with Crippen molar-refractivity contribution in [1.29, 1.82) is 0 Å². The first-order chi connectivity index (χ1) is 15.1. The molecule has 2 heterocycles. The quantitative estimate of drug-likeness (QED) is 0.481. The third-order valence-electron chi connectivity index (χ3n) is 5.52. The molecule has 0 spiro atoms. The first-order valence-electron chi connectivity index (χ1n) is 10.4. The molecule has 1 saturated heterocycles. The Morgan fingerprint density at radius 1 is 1.06 bits per heavy atom. The van der Waals surface area contributed by atoms with Crippen molar-refractivity contribution >= 4 is 23.2 Å². The van der Waals surface area contributed by atoms with Crippen LogP contribution in [0.4, 0.5) is 0 Å². The number of carbonyl (C=O) groups is 2. The van der Waals surface area contributed by atoms with Gasteiger partial charge in [-0.25, -0.2) is 4.79 Å². The molecule has 1 amide bonds. The number of hydrogen-bond donors (Lipinski definition) is 0. The average Bonchev–Trinajstić information content (AvgIpc) is 3.48. The maximum absolute atomic E-state index is 12.7. The molecule has 6 heteroatoms. The number of para-hydroxylation sites is 1. The fourth-order valence-electron chi connectivity index (χ4n) is 3.82. The number of rotatable bonds is 7. The third kappa shape index (κ3) is 4.97. The molecule has 0 N–H and O–H groups in total. The van der Waals surface area contributed by atoms with Crippen LogP contribution < -0.4 is 4.74 Å². The van der Waals surface area contributed by atoms with Gasteiger partial charge in [-0.05, 0) is 54.5 Å². The highest BCUT2D eigenvalue weighted by Crippen LogP contribution is 2.34. The highest BCUT2D eigenvalue weighted by Gasteiger charge is 2.31. The second-order valence-corrected chi connectivity index (χ2v) is 8.53. The SMILES string of the molecule is Cc1ccccc1COc1ccccc1C(=O)OCC(=O)N1CCCC1c1cccs1. The average molecular weight is 436 g/mol. The van der Waals surface area contributed by atoms with Crippen LogP contribution in [-0.2, 0) is 16.1 Å². The number of likely N-dealkylation sites (tertiary alicyclic amines) is 1. The van der Waals surface area contributed by atoms with Crippen molar-refractivity contribution in [2.24, 2.45) is 0 Å². The standard InChI is InChI=1S/C25H25NO4S/c1-18-8-2-3-9-19(18)16-29-22-12-5-4-10-20(22)25(28)30-17-24(27)26-14-6-11-21(26)23-13-7-15-31-23/h2-5,7-10,12-13,15,21H,6,11,14,16-17H2,1H3. The maximum atomic E-state index is 12.7. The summed E-state index contributed by atoms with van der Waals surface area (Å²) in [7, 11) is 0. The van der Waals surface area contributed by atoms with E-state index in [0.717, 1.165) is 24.0 Å². The Hall–Kier alpha value is -3.12. The number of esters is 1. The lowest BCUT2D eigenvalue weighted by atomic mass is 10.1. The largest absolute Gasteiger partial charge is 0.488 e. The minimum atomic E-state index is -0.555. The number of carbonyl (C=O) groups excluding carboxylic acids is 2. The fourth-order valence-corrected chi connectivity index (χ4v) is 4.69. The molecular formula is C25H25NO4S. The molecular weight excluding hydrogens is 410 g/mol. The zero-order valence-electron chi connectivity index (χ0n) is 17.5. The van der Waals surface area contributed by atoms with Gasteiger partial charge in [0.25, 0.3) is 5.91 Å². The van der Waals surface area contributed by atoms with Gasteiger partial charge in [0, 0.05) is 11.4 Å². The molecule has 1 unspecified atom stereocenters. The van der Waals surface area contributed by atoms with E-state index in [0.29, 0.717) is 24.5 Å². The van der Waals surface area contributed by atoms with E-state index in [1.807, 2.05) is 53.6 Å². The van der Waals surface area contributed by atoms with Crippen molar-refractivity contribution in [3.63, 3.8) is 0 Å². The van der Waals surface area contributed by atoms with E-state index in [-0.39, 0.29) is 18.6 Å². The van der Waals surface area contributed by atoms with Crippen LogP contribution in [0.5, 0.6) is 5.75 Å². The first-order valence-corrected chi connectivity index (χ1v) is 11.3. The first kappa shape index (κ1) is 21.1. The van der Waals surface area contributed by atoms with Crippen LogP contribution in [0.3, 0.4) is 0 Å². The number of aryl methyl sites for hydroxylation is 1. The monoisotopic (exact) mass is 435 g/mol. The van der Waals surface area contributed by atoms with E-state index in [1.165, 1.54) is 4.88 Å². The predicted molar refractivity (Wildman–Crippen MR) is 120 cm³/mol. The van der Waals surface area contributed by atoms with Crippen molar-refractivity contribution in [3.05, 3.63) is 87.6 Å².